The zero-order chi connectivity index (χ0) is 38.0. The predicted octanol–water partition coefficient (Wildman–Crippen LogP) is 5.42. The van der Waals surface area contributed by atoms with Gasteiger partial charge in [-0.25, -0.2) is 18.6 Å². The van der Waals surface area contributed by atoms with E-state index in [1.165, 1.54) is 4.57 Å². The molecule has 0 spiro atoms. The molecule has 2 heterocycles. The van der Waals surface area contributed by atoms with Gasteiger partial charge in [-0.1, -0.05) is 60.2 Å². The lowest BCUT2D eigenvalue weighted by Crippen LogP contribution is -2.50. The minimum atomic E-state index is -3.07. The van der Waals surface area contributed by atoms with Crippen LogP contribution in [-0.4, -0.2) is 52.9 Å². The lowest BCUT2D eigenvalue weighted by Gasteiger charge is -2.34. The fourth-order valence-electron chi connectivity index (χ4n) is 6.54. The monoisotopic (exact) mass is 741 g/mol. The highest BCUT2D eigenvalue weighted by Gasteiger charge is 2.31. The standard InChI is InChI=1S/C38H36F2N6O6S/c1-21-15-22(2)33(23(3)16-21)46(53(51)52)31(37(49)50)19-41-36(48)27-20-45(14-13-24-9-5-4-6-10-24)34-25(35(27)47)17-28(39)26(32(34)40)18-42-38-43-29-11-7-8-12-30(29)44-38/h4-12,15-17,20,31H,13-14,18-19H2,1-3H3,(H,41,48)(H,49,50)(H,51,52)(H2,42,43,44)/p-1. The van der Waals surface area contributed by atoms with Gasteiger partial charge in [0, 0.05) is 36.1 Å². The van der Waals surface area contributed by atoms with Crippen LogP contribution in [0.3, 0.4) is 0 Å². The summed E-state index contributed by atoms with van der Waals surface area (Å²) in [5, 5.41) is 15.0. The Morgan fingerprint density at radius 1 is 1.04 bits per heavy atom. The molecule has 2 aromatic heterocycles. The van der Waals surface area contributed by atoms with Gasteiger partial charge < -0.3 is 29.8 Å². The molecule has 0 aliphatic carbocycles. The van der Waals surface area contributed by atoms with Crippen molar-refractivity contribution in [2.75, 3.05) is 16.2 Å². The first-order chi connectivity index (χ1) is 25.3. The molecule has 0 saturated carbocycles. The van der Waals surface area contributed by atoms with Gasteiger partial charge in [0.25, 0.3) is 5.91 Å². The van der Waals surface area contributed by atoms with Crippen molar-refractivity contribution in [3.05, 3.63) is 134 Å². The van der Waals surface area contributed by atoms with E-state index in [2.05, 4.69) is 20.6 Å². The molecule has 0 radical (unpaired) electrons. The van der Waals surface area contributed by atoms with Crippen LogP contribution in [0.25, 0.3) is 21.9 Å². The number of pyridine rings is 1. The van der Waals surface area contributed by atoms with Gasteiger partial charge in [-0.15, -0.1) is 0 Å². The molecular weight excluding hydrogens is 707 g/mol. The number of hydrogen-bond donors (Lipinski definition) is 4. The number of carboxylic acids is 1. The van der Waals surface area contributed by atoms with E-state index >= 15 is 8.78 Å². The molecule has 0 bridgehead atoms. The number of anilines is 2. The number of aromatic nitrogens is 3. The van der Waals surface area contributed by atoms with E-state index in [0.717, 1.165) is 28.9 Å². The van der Waals surface area contributed by atoms with Crippen LogP contribution in [0.4, 0.5) is 20.4 Å². The zero-order valence-corrected chi connectivity index (χ0v) is 29.7. The number of rotatable bonds is 13. The summed E-state index contributed by atoms with van der Waals surface area (Å²) >= 11 is -3.07. The van der Waals surface area contributed by atoms with Gasteiger partial charge in [0.1, 0.15) is 11.4 Å². The quantitative estimate of drug-likeness (QED) is 0.114. The number of halogens is 2. The van der Waals surface area contributed by atoms with E-state index in [4.69, 9.17) is 0 Å². The number of imidazole rings is 1. The molecule has 0 fully saturated rings. The van der Waals surface area contributed by atoms with Crippen molar-refractivity contribution in [3.63, 3.8) is 0 Å². The highest BCUT2D eigenvalue weighted by molar-refractivity contribution is 7.80. The average molecular weight is 742 g/mol. The molecule has 6 rings (SSSR count). The number of hydrogen-bond acceptors (Lipinski definition) is 7. The number of carbonyl (C=O) groups excluding carboxylic acids is 1. The van der Waals surface area contributed by atoms with Crippen molar-refractivity contribution >= 4 is 56.7 Å². The molecule has 0 saturated heterocycles. The highest BCUT2D eigenvalue weighted by Crippen LogP contribution is 2.29. The van der Waals surface area contributed by atoms with Gasteiger partial charge in [-0.3, -0.25) is 18.1 Å². The third-order valence-corrected chi connectivity index (χ3v) is 9.70. The second-order valence-electron chi connectivity index (χ2n) is 12.7. The molecule has 0 aliphatic heterocycles. The van der Waals surface area contributed by atoms with Crippen LogP contribution in [0.15, 0.2) is 83.8 Å². The highest BCUT2D eigenvalue weighted by atomic mass is 32.2. The lowest BCUT2D eigenvalue weighted by molar-refractivity contribution is -0.138. The summed E-state index contributed by atoms with van der Waals surface area (Å²) in [5.41, 5.74) is 2.11. The number of H-pyrrole nitrogens is 1. The largest absolute Gasteiger partial charge is 0.755 e. The molecule has 2 atom stereocenters. The van der Waals surface area contributed by atoms with Crippen LogP contribution >= 0.6 is 0 Å². The molecule has 0 aliphatic rings. The number of aromatic amines is 1. The van der Waals surface area contributed by atoms with E-state index in [1.54, 1.807) is 44.2 Å². The van der Waals surface area contributed by atoms with Gasteiger partial charge in [-0.2, -0.15) is 0 Å². The molecular formula is C38H35F2N6O6S-. The topological polar surface area (TPSA) is 172 Å². The van der Waals surface area contributed by atoms with Crippen LogP contribution in [0.5, 0.6) is 0 Å². The van der Waals surface area contributed by atoms with E-state index in [1.807, 2.05) is 43.3 Å². The smallest absolute Gasteiger partial charge is 0.329 e. The van der Waals surface area contributed by atoms with Crippen LogP contribution in [-0.2, 0) is 35.6 Å². The van der Waals surface area contributed by atoms with E-state index in [0.29, 0.717) is 27.4 Å². The second kappa shape index (κ2) is 15.4. The Bertz CT molecular complexity index is 2400. The zero-order valence-electron chi connectivity index (χ0n) is 28.9. The number of aliphatic carboxylic acids is 1. The maximum Gasteiger partial charge on any atom is 0.329 e. The van der Waals surface area contributed by atoms with Crippen molar-refractivity contribution in [2.45, 2.75) is 46.3 Å². The molecule has 15 heteroatoms. The number of amides is 1. The Hall–Kier alpha value is -5.93. The minimum Gasteiger partial charge on any atom is -0.755 e. The Labute approximate surface area is 304 Å². The fraction of sp³-hybridized carbons (Fsp3) is 0.211. The summed E-state index contributed by atoms with van der Waals surface area (Å²) < 4.78 is 59.0. The first-order valence-corrected chi connectivity index (χ1v) is 17.6. The maximum atomic E-state index is 16.4. The lowest BCUT2D eigenvalue weighted by atomic mass is 10.0. The van der Waals surface area contributed by atoms with Crippen molar-refractivity contribution < 1.29 is 32.2 Å². The number of nitrogens with one attached hydrogen (secondary N) is 3. The summed E-state index contributed by atoms with van der Waals surface area (Å²) in [6.07, 6.45) is 1.50. The number of fused-ring (bicyclic) bond motifs is 2. The number of carbonyl (C=O) groups is 2. The average Bonchev–Trinajstić information content (AvgIpc) is 3.53. The molecule has 53 heavy (non-hydrogen) atoms. The van der Waals surface area contributed by atoms with E-state index < -0.39 is 63.7 Å². The molecule has 1 amide bonds. The van der Waals surface area contributed by atoms with Crippen molar-refractivity contribution in [1.29, 1.82) is 0 Å². The fourth-order valence-corrected chi connectivity index (χ4v) is 7.35. The Balaban J connectivity index is 1.35. The normalized spacial score (nSPS) is 12.5. The van der Waals surface area contributed by atoms with Gasteiger partial charge >= 0.3 is 5.97 Å². The molecule has 12 nitrogen and oxygen atoms in total. The third-order valence-electron chi connectivity index (χ3n) is 8.94. The Morgan fingerprint density at radius 2 is 1.72 bits per heavy atom. The number of benzene rings is 4. The Morgan fingerprint density at radius 3 is 2.38 bits per heavy atom. The number of para-hydroxylation sites is 2. The van der Waals surface area contributed by atoms with Gasteiger partial charge in [0.2, 0.25) is 11.4 Å². The van der Waals surface area contributed by atoms with Crippen LogP contribution < -0.4 is 20.4 Å². The van der Waals surface area contributed by atoms with Crippen LogP contribution in [0.1, 0.15) is 38.2 Å². The van der Waals surface area contributed by atoms with Crippen molar-refractivity contribution in [2.24, 2.45) is 0 Å². The summed E-state index contributed by atoms with van der Waals surface area (Å²) in [7, 11) is 0. The van der Waals surface area contributed by atoms with E-state index in [9.17, 15) is 28.3 Å². The molecule has 4 N–H and O–H groups in total. The van der Waals surface area contributed by atoms with Crippen molar-refractivity contribution in [3.8, 4) is 0 Å². The molecule has 6 aromatic rings. The summed E-state index contributed by atoms with van der Waals surface area (Å²) in [6, 6.07) is 18.9. The van der Waals surface area contributed by atoms with E-state index in [-0.39, 0.29) is 35.8 Å². The van der Waals surface area contributed by atoms with Crippen molar-refractivity contribution in [1.82, 2.24) is 19.9 Å². The minimum absolute atomic E-state index is 0.0761. The van der Waals surface area contributed by atoms with Gasteiger partial charge in [-0.05, 0) is 62.1 Å². The second-order valence-corrected chi connectivity index (χ2v) is 13.5. The van der Waals surface area contributed by atoms with Gasteiger partial charge in [0.15, 0.2) is 11.9 Å². The first-order valence-electron chi connectivity index (χ1n) is 16.6. The number of carboxylic acid groups (broad SMARTS) is 1. The third kappa shape index (κ3) is 7.66. The van der Waals surface area contributed by atoms with Gasteiger partial charge in [0.05, 0.1) is 34.2 Å². The first kappa shape index (κ1) is 36.8. The summed E-state index contributed by atoms with van der Waals surface area (Å²) in [6.45, 7) is 4.11. The SMILES string of the molecule is Cc1cc(C)c(N(C(CNC(=O)c2cn(CCc3ccccc3)c3c(F)c(CNc4nc5ccccc5[nH]4)c(F)cc3c2=O)C(=O)O)S(=O)[O-])c(C)c1. The van der Waals surface area contributed by atoms with Crippen LogP contribution in [0, 0.1) is 32.4 Å². The predicted molar refractivity (Wildman–Crippen MR) is 197 cm³/mol. The summed E-state index contributed by atoms with van der Waals surface area (Å²) in [4.78, 5) is 47.3. The Kier molecular flexibility index (Phi) is 10.7. The molecule has 2 unspecified atom stereocenters. The number of aryl methyl sites for hydroxylation is 5. The molecule has 274 valence electrons. The van der Waals surface area contributed by atoms with Crippen LogP contribution in [0.2, 0.25) is 0 Å². The maximum absolute atomic E-state index is 16.4. The number of nitrogens with zero attached hydrogens (tertiary/aromatic N) is 3. The molecule has 4 aromatic carbocycles. The summed E-state index contributed by atoms with van der Waals surface area (Å²) in [5.74, 6) is -4.37.